The maximum Gasteiger partial charge on any atom is 0.150 e. The van der Waals surface area contributed by atoms with Gasteiger partial charge in [0.05, 0.1) is 5.69 Å². The molecule has 92 valence electrons. The monoisotopic (exact) mass is 243 g/mol. The molecule has 18 heavy (non-hydrogen) atoms. The number of nitrogens with zero attached hydrogens (tertiary/aromatic N) is 1. The summed E-state index contributed by atoms with van der Waals surface area (Å²) in [4.78, 5) is 14.5. The van der Waals surface area contributed by atoms with Gasteiger partial charge in [-0.15, -0.1) is 0 Å². The Balaban J connectivity index is 1.93. The Morgan fingerprint density at radius 1 is 1.22 bits per heavy atom. The number of aliphatic hydroxyl groups excluding tert-OH is 1. The molecule has 1 aromatic carbocycles. The summed E-state index contributed by atoms with van der Waals surface area (Å²) in [7, 11) is 0. The zero-order chi connectivity index (χ0) is 12.8. The van der Waals surface area contributed by atoms with Crippen molar-refractivity contribution in [3.05, 3.63) is 59.9 Å². The lowest BCUT2D eigenvalue weighted by atomic mass is 10.2. The molecule has 2 rings (SSSR count). The van der Waals surface area contributed by atoms with Gasteiger partial charge < -0.3 is 9.84 Å². The number of carbonyl (C=O) groups is 1. The fourth-order valence-corrected chi connectivity index (χ4v) is 1.48. The van der Waals surface area contributed by atoms with Crippen molar-refractivity contribution < 1.29 is 14.6 Å². The van der Waals surface area contributed by atoms with Gasteiger partial charge in [0.15, 0.2) is 0 Å². The molecule has 1 aromatic heterocycles. The summed E-state index contributed by atoms with van der Waals surface area (Å²) in [6.45, 7) is 0.122. The average Bonchev–Trinajstić information content (AvgIpc) is 2.46. The molecular weight excluding hydrogens is 230 g/mol. The van der Waals surface area contributed by atoms with Crippen LogP contribution in [0.15, 0.2) is 48.7 Å². The van der Waals surface area contributed by atoms with Gasteiger partial charge in [-0.05, 0) is 36.4 Å². The van der Waals surface area contributed by atoms with Gasteiger partial charge in [-0.2, -0.15) is 0 Å². The number of benzene rings is 1. The zero-order valence-corrected chi connectivity index (χ0v) is 9.69. The predicted octanol–water partition coefficient (Wildman–Crippen LogP) is 2.01. The second-order valence-corrected chi connectivity index (χ2v) is 3.77. The van der Waals surface area contributed by atoms with E-state index in [-0.39, 0.29) is 6.61 Å². The van der Waals surface area contributed by atoms with Crippen molar-refractivity contribution >= 4 is 6.29 Å². The molecular formula is C14H13NO3. The van der Waals surface area contributed by atoms with E-state index < -0.39 is 6.10 Å². The Hall–Kier alpha value is -2.20. The molecule has 0 saturated carbocycles. The van der Waals surface area contributed by atoms with Crippen LogP contribution >= 0.6 is 0 Å². The summed E-state index contributed by atoms with van der Waals surface area (Å²) < 4.78 is 5.42. The summed E-state index contributed by atoms with van der Waals surface area (Å²) in [6.07, 6.45) is 1.63. The summed E-state index contributed by atoms with van der Waals surface area (Å²) in [6, 6.07) is 12.0. The Morgan fingerprint density at radius 3 is 2.61 bits per heavy atom. The van der Waals surface area contributed by atoms with Crippen LogP contribution in [0.1, 0.15) is 22.2 Å². The van der Waals surface area contributed by atoms with Crippen LogP contribution in [-0.4, -0.2) is 23.0 Å². The van der Waals surface area contributed by atoms with Crippen molar-refractivity contribution in [3.63, 3.8) is 0 Å². The number of hydrogen-bond acceptors (Lipinski definition) is 4. The SMILES string of the molecule is O=Cc1ccc(OCC(O)c2ccccn2)cc1. The highest BCUT2D eigenvalue weighted by atomic mass is 16.5. The molecule has 0 aliphatic heterocycles. The molecule has 2 aromatic rings. The molecule has 0 amide bonds. The van der Waals surface area contributed by atoms with E-state index in [1.54, 1.807) is 42.6 Å². The predicted molar refractivity (Wildman–Crippen MR) is 66.5 cm³/mol. The minimum atomic E-state index is -0.767. The highest BCUT2D eigenvalue weighted by Gasteiger charge is 2.08. The third kappa shape index (κ3) is 3.15. The number of aldehydes is 1. The highest BCUT2D eigenvalue weighted by Crippen LogP contribution is 2.15. The van der Waals surface area contributed by atoms with Crippen molar-refractivity contribution in [3.8, 4) is 5.75 Å². The first-order chi connectivity index (χ1) is 8.79. The fraction of sp³-hybridized carbons (Fsp3) is 0.143. The van der Waals surface area contributed by atoms with Gasteiger partial charge in [0.1, 0.15) is 24.7 Å². The summed E-state index contributed by atoms with van der Waals surface area (Å²) in [5.74, 6) is 0.607. The second-order valence-electron chi connectivity index (χ2n) is 3.77. The van der Waals surface area contributed by atoms with Crippen LogP contribution in [-0.2, 0) is 0 Å². The van der Waals surface area contributed by atoms with Crippen LogP contribution < -0.4 is 4.74 Å². The molecule has 4 heteroatoms. The molecule has 4 nitrogen and oxygen atoms in total. The number of aromatic nitrogens is 1. The summed E-state index contributed by atoms with van der Waals surface area (Å²) in [5, 5.41) is 9.84. The first-order valence-electron chi connectivity index (χ1n) is 5.56. The van der Waals surface area contributed by atoms with Crippen LogP contribution in [0, 0.1) is 0 Å². The largest absolute Gasteiger partial charge is 0.490 e. The standard InChI is InChI=1S/C14H13NO3/c16-9-11-4-6-12(7-5-11)18-10-14(17)13-3-1-2-8-15-13/h1-9,14,17H,10H2. The van der Waals surface area contributed by atoms with E-state index in [9.17, 15) is 9.90 Å². The number of ether oxygens (including phenoxy) is 1. The first kappa shape index (κ1) is 12.3. The van der Waals surface area contributed by atoms with Gasteiger partial charge in [0.25, 0.3) is 0 Å². The summed E-state index contributed by atoms with van der Waals surface area (Å²) >= 11 is 0. The van der Waals surface area contributed by atoms with Gasteiger partial charge in [0, 0.05) is 11.8 Å². The third-order valence-electron chi connectivity index (χ3n) is 2.45. The van der Waals surface area contributed by atoms with Gasteiger partial charge in [-0.25, -0.2) is 0 Å². The molecule has 0 radical (unpaired) electrons. The molecule has 0 fully saturated rings. The third-order valence-corrected chi connectivity index (χ3v) is 2.45. The molecule has 1 heterocycles. The maximum atomic E-state index is 10.5. The first-order valence-corrected chi connectivity index (χ1v) is 5.56. The Labute approximate surface area is 105 Å². The number of pyridine rings is 1. The minimum Gasteiger partial charge on any atom is -0.490 e. The second kappa shape index (κ2) is 5.93. The van der Waals surface area contributed by atoms with Crippen molar-refractivity contribution in [2.75, 3.05) is 6.61 Å². The molecule has 1 atom stereocenters. The number of hydrogen-bond donors (Lipinski definition) is 1. The van der Waals surface area contributed by atoms with E-state index in [1.807, 2.05) is 6.07 Å². The van der Waals surface area contributed by atoms with E-state index in [2.05, 4.69) is 4.98 Å². The Bertz CT molecular complexity index is 496. The maximum absolute atomic E-state index is 10.5. The zero-order valence-electron chi connectivity index (χ0n) is 9.69. The van der Waals surface area contributed by atoms with Gasteiger partial charge >= 0.3 is 0 Å². The van der Waals surface area contributed by atoms with Crippen LogP contribution in [0.25, 0.3) is 0 Å². The Morgan fingerprint density at radius 2 is 2.00 bits per heavy atom. The summed E-state index contributed by atoms with van der Waals surface area (Å²) in [5.41, 5.74) is 1.16. The van der Waals surface area contributed by atoms with Crippen LogP contribution in [0.2, 0.25) is 0 Å². The van der Waals surface area contributed by atoms with Crippen molar-refractivity contribution in [1.82, 2.24) is 4.98 Å². The van der Waals surface area contributed by atoms with Crippen LogP contribution in [0.4, 0.5) is 0 Å². The quantitative estimate of drug-likeness (QED) is 0.816. The number of aliphatic hydroxyl groups is 1. The van der Waals surface area contributed by atoms with Crippen LogP contribution in [0.5, 0.6) is 5.75 Å². The molecule has 0 aliphatic rings. The van der Waals surface area contributed by atoms with E-state index in [0.29, 0.717) is 17.0 Å². The van der Waals surface area contributed by atoms with Gasteiger partial charge in [-0.3, -0.25) is 9.78 Å². The van der Waals surface area contributed by atoms with Crippen molar-refractivity contribution in [2.24, 2.45) is 0 Å². The number of rotatable bonds is 5. The van der Waals surface area contributed by atoms with Crippen LogP contribution in [0.3, 0.4) is 0 Å². The molecule has 0 aliphatic carbocycles. The molecule has 0 saturated heterocycles. The van der Waals surface area contributed by atoms with Gasteiger partial charge in [0.2, 0.25) is 0 Å². The normalized spacial score (nSPS) is 11.8. The lowest BCUT2D eigenvalue weighted by Gasteiger charge is -2.11. The lowest BCUT2D eigenvalue weighted by Crippen LogP contribution is -2.10. The van der Waals surface area contributed by atoms with Crippen molar-refractivity contribution in [2.45, 2.75) is 6.10 Å². The molecule has 0 spiro atoms. The highest BCUT2D eigenvalue weighted by molar-refractivity contribution is 5.74. The van der Waals surface area contributed by atoms with E-state index in [1.165, 1.54) is 0 Å². The number of carbonyl (C=O) groups excluding carboxylic acids is 1. The van der Waals surface area contributed by atoms with Gasteiger partial charge in [-0.1, -0.05) is 6.07 Å². The smallest absolute Gasteiger partial charge is 0.150 e. The van der Waals surface area contributed by atoms with E-state index in [0.717, 1.165) is 6.29 Å². The van der Waals surface area contributed by atoms with Crippen molar-refractivity contribution in [1.29, 1.82) is 0 Å². The fourth-order valence-electron chi connectivity index (χ4n) is 1.48. The van der Waals surface area contributed by atoms with E-state index >= 15 is 0 Å². The molecule has 0 bridgehead atoms. The topological polar surface area (TPSA) is 59.4 Å². The Kier molecular flexibility index (Phi) is 4.04. The average molecular weight is 243 g/mol. The molecule has 1 unspecified atom stereocenters. The minimum absolute atomic E-state index is 0.122. The molecule has 1 N–H and O–H groups in total. The van der Waals surface area contributed by atoms with E-state index in [4.69, 9.17) is 4.74 Å². The lowest BCUT2D eigenvalue weighted by molar-refractivity contribution is 0.104.